The van der Waals surface area contributed by atoms with Crippen molar-refractivity contribution in [3.63, 3.8) is 0 Å². The molecule has 6 heteroatoms. The third-order valence-electron chi connectivity index (χ3n) is 2.59. The molecule has 0 fully saturated rings. The first kappa shape index (κ1) is 14.0. The first-order chi connectivity index (χ1) is 8.90. The Morgan fingerprint density at radius 3 is 2.84 bits per heavy atom. The number of hydrogen-bond donors (Lipinski definition) is 2. The van der Waals surface area contributed by atoms with Crippen LogP contribution < -0.4 is 5.32 Å². The summed E-state index contributed by atoms with van der Waals surface area (Å²) in [6.45, 7) is 3.65. The molecule has 0 atom stereocenters. The molecule has 1 amide bonds. The van der Waals surface area contributed by atoms with Gasteiger partial charge in [-0.25, -0.2) is 9.37 Å². The third-order valence-corrected chi connectivity index (χ3v) is 3.96. The number of carbonyl (C=O) groups excluding carboxylic acids is 1. The van der Waals surface area contributed by atoms with E-state index in [1.807, 2.05) is 19.2 Å². The van der Waals surface area contributed by atoms with Gasteiger partial charge in [0.2, 0.25) is 0 Å². The van der Waals surface area contributed by atoms with Crippen LogP contribution in [0.3, 0.4) is 0 Å². The molecule has 2 aromatic rings. The third kappa shape index (κ3) is 3.13. The van der Waals surface area contributed by atoms with Crippen molar-refractivity contribution in [2.45, 2.75) is 24.3 Å². The van der Waals surface area contributed by atoms with Crippen molar-refractivity contribution in [2.75, 3.05) is 0 Å². The van der Waals surface area contributed by atoms with E-state index in [0.717, 1.165) is 5.01 Å². The van der Waals surface area contributed by atoms with E-state index in [0.29, 0.717) is 4.90 Å². The second-order valence-electron chi connectivity index (χ2n) is 4.58. The van der Waals surface area contributed by atoms with E-state index in [9.17, 15) is 9.18 Å². The molecule has 1 N–H and O–H groups in total. The molecule has 0 unspecified atom stereocenters. The van der Waals surface area contributed by atoms with Crippen LogP contribution in [-0.2, 0) is 5.54 Å². The number of nitrogens with zero attached hydrogens (tertiary/aromatic N) is 1. The first-order valence-electron chi connectivity index (χ1n) is 5.61. The standard InChI is InChI=1S/C13H13FN2OS2/c1-13(2,12-15-5-6-19-12)16-11(17)9-7-8(18)3-4-10(9)14/h3-7,18H,1-2H3,(H,16,17). The van der Waals surface area contributed by atoms with Crippen LogP contribution in [0.15, 0.2) is 34.7 Å². The number of thiol groups is 1. The average molecular weight is 296 g/mol. The number of rotatable bonds is 3. The lowest BCUT2D eigenvalue weighted by molar-refractivity contribution is 0.0907. The number of benzene rings is 1. The van der Waals surface area contributed by atoms with Gasteiger partial charge in [0, 0.05) is 16.5 Å². The highest BCUT2D eigenvalue weighted by Gasteiger charge is 2.27. The zero-order valence-electron chi connectivity index (χ0n) is 10.5. The Hall–Kier alpha value is -1.40. The molecule has 100 valence electrons. The van der Waals surface area contributed by atoms with Crippen LogP contribution in [0.4, 0.5) is 4.39 Å². The van der Waals surface area contributed by atoms with Gasteiger partial charge >= 0.3 is 0 Å². The molecule has 0 spiro atoms. The van der Waals surface area contributed by atoms with Crippen molar-refractivity contribution in [1.29, 1.82) is 0 Å². The summed E-state index contributed by atoms with van der Waals surface area (Å²) in [6.07, 6.45) is 1.67. The molecular formula is C13H13FN2OS2. The quantitative estimate of drug-likeness (QED) is 0.854. The molecule has 0 aliphatic carbocycles. The number of thiazole rings is 1. The largest absolute Gasteiger partial charge is 0.341 e. The van der Waals surface area contributed by atoms with Gasteiger partial charge in [-0.1, -0.05) is 0 Å². The monoisotopic (exact) mass is 296 g/mol. The van der Waals surface area contributed by atoms with Crippen LogP contribution in [-0.4, -0.2) is 10.9 Å². The number of carbonyl (C=O) groups is 1. The molecule has 2 rings (SSSR count). The maximum absolute atomic E-state index is 13.6. The molecule has 0 saturated carbocycles. The van der Waals surface area contributed by atoms with E-state index in [1.165, 1.54) is 29.5 Å². The molecule has 0 aliphatic heterocycles. The van der Waals surface area contributed by atoms with Gasteiger partial charge in [0.1, 0.15) is 10.8 Å². The fraction of sp³-hybridized carbons (Fsp3) is 0.231. The van der Waals surface area contributed by atoms with Crippen molar-refractivity contribution in [3.05, 3.63) is 46.2 Å². The Balaban J connectivity index is 2.24. The van der Waals surface area contributed by atoms with Crippen molar-refractivity contribution in [1.82, 2.24) is 10.3 Å². The molecule has 3 nitrogen and oxygen atoms in total. The van der Waals surface area contributed by atoms with E-state index in [4.69, 9.17) is 0 Å². The summed E-state index contributed by atoms with van der Waals surface area (Å²) in [5.74, 6) is -1.04. The van der Waals surface area contributed by atoms with Gasteiger partial charge in [0.25, 0.3) is 5.91 Å². The lowest BCUT2D eigenvalue weighted by atomic mass is 10.1. The van der Waals surface area contributed by atoms with Gasteiger partial charge in [0.05, 0.1) is 11.1 Å². The normalized spacial score (nSPS) is 11.4. The van der Waals surface area contributed by atoms with Crippen molar-refractivity contribution in [2.24, 2.45) is 0 Å². The van der Waals surface area contributed by atoms with Gasteiger partial charge in [-0.3, -0.25) is 4.79 Å². The fourth-order valence-corrected chi connectivity index (χ4v) is 2.55. The zero-order chi connectivity index (χ0) is 14.0. The average Bonchev–Trinajstić information content (AvgIpc) is 2.86. The minimum absolute atomic E-state index is 0.0165. The van der Waals surface area contributed by atoms with E-state index in [-0.39, 0.29) is 5.56 Å². The molecule has 1 aromatic carbocycles. The topological polar surface area (TPSA) is 42.0 Å². The van der Waals surface area contributed by atoms with E-state index >= 15 is 0 Å². The number of halogens is 1. The van der Waals surface area contributed by atoms with Gasteiger partial charge in [-0.05, 0) is 32.0 Å². The number of hydrogen-bond acceptors (Lipinski definition) is 4. The highest BCUT2D eigenvalue weighted by molar-refractivity contribution is 7.80. The summed E-state index contributed by atoms with van der Waals surface area (Å²) in [4.78, 5) is 16.8. The molecule has 1 heterocycles. The molecule has 0 saturated heterocycles. The molecule has 0 radical (unpaired) electrons. The minimum Gasteiger partial charge on any atom is -0.341 e. The number of nitrogens with one attached hydrogen (secondary N) is 1. The number of aromatic nitrogens is 1. The molecule has 1 aromatic heterocycles. The first-order valence-corrected chi connectivity index (χ1v) is 6.94. The Labute approximate surface area is 120 Å². The van der Waals surface area contributed by atoms with Gasteiger partial charge in [-0.15, -0.1) is 24.0 Å². The lowest BCUT2D eigenvalue weighted by Gasteiger charge is -2.24. The van der Waals surface area contributed by atoms with Crippen molar-refractivity contribution >= 4 is 29.9 Å². The summed E-state index contributed by atoms with van der Waals surface area (Å²) in [7, 11) is 0. The van der Waals surface area contributed by atoms with Crippen LogP contribution in [0.5, 0.6) is 0 Å². The Bertz CT molecular complexity index is 597. The fourth-order valence-electron chi connectivity index (χ4n) is 1.62. The highest BCUT2D eigenvalue weighted by atomic mass is 32.1. The van der Waals surface area contributed by atoms with Crippen molar-refractivity contribution in [3.8, 4) is 0 Å². The Morgan fingerprint density at radius 1 is 1.47 bits per heavy atom. The summed E-state index contributed by atoms with van der Waals surface area (Å²) in [5, 5.41) is 5.38. The SMILES string of the molecule is CC(C)(NC(=O)c1cc(S)ccc1F)c1nccs1. The van der Waals surface area contributed by atoms with Crippen LogP contribution >= 0.6 is 24.0 Å². The lowest BCUT2D eigenvalue weighted by Crippen LogP contribution is -2.41. The van der Waals surface area contributed by atoms with Crippen LogP contribution in [0.2, 0.25) is 0 Å². The van der Waals surface area contributed by atoms with E-state index in [1.54, 1.807) is 6.20 Å². The van der Waals surface area contributed by atoms with Crippen molar-refractivity contribution < 1.29 is 9.18 Å². The number of amides is 1. The maximum atomic E-state index is 13.6. The summed E-state index contributed by atoms with van der Waals surface area (Å²) in [5.41, 5.74) is -0.665. The maximum Gasteiger partial charge on any atom is 0.255 e. The summed E-state index contributed by atoms with van der Waals surface area (Å²) < 4.78 is 13.6. The summed E-state index contributed by atoms with van der Waals surface area (Å²) in [6, 6.07) is 4.14. The van der Waals surface area contributed by atoms with Gasteiger partial charge in [0.15, 0.2) is 0 Å². The smallest absolute Gasteiger partial charge is 0.255 e. The second kappa shape index (κ2) is 5.30. The van der Waals surface area contributed by atoms with E-state index < -0.39 is 17.3 Å². The molecule has 0 bridgehead atoms. The zero-order valence-corrected chi connectivity index (χ0v) is 12.2. The highest BCUT2D eigenvalue weighted by Crippen LogP contribution is 2.23. The second-order valence-corrected chi connectivity index (χ2v) is 5.99. The predicted molar refractivity (Wildman–Crippen MR) is 76.3 cm³/mol. The van der Waals surface area contributed by atoms with Crippen LogP contribution in [0.1, 0.15) is 29.2 Å². The molecule has 19 heavy (non-hydrogen) atoms. The molecule has 0 aliphatic rings. The predicted octanol–water partition coefficient (Wildman–Crippen LogP) is 3.24. The van der Waals surface area contributed by atoms with Crippen LogP contribution in [0, 0.1) is 5.82 Å². The van der Waals surface area contributed by atoms with Gasteiger partial charge < -0.3 is 5.32 Å². The van der Waals surface area contributed by atoms with Crippen LogP contribution in [0.25, 0.3) is 0 Å². The molecular weight excluding hydrogens is 283 g/mol. The Kier molecular flexibility index (Phi) is 3.91. The summed E-state index contributed by atoms with van der Waals surface area (Å²) >= 11 is 5.55. The minimum atomic E-state index is -0.649. The van der Waals surface area contributed by atoms with E-state index in [2.05, 4.69) is 22.9 Å². The Morgan fingerprint density at radius 2 is 2.21 bits per heavy atom. The van der Waals surface area contributed by atoms with Gasteiger partial charge in [-0.2, -0.15) is 0 Å².